The summed E-state index contributed by atoms with van der Waals surface area (Å²) in [6.45, 7) is 2.33. The van der Waals surface area contributed by atoms with E-state index < -0.39 is 0 Å². The first-order valence-electron chi connectivity index (χ1n) is 10.2. The molecule has 4 aromatic rings. The lowest BCUT2D eigenvalue weighted by Gasteiger charge is -2.28. The number of aliphatic hydroxyl groups is 1. The Balaban J connectivity index is 1.28. The Bertz CT molecular complexity index is 1210. The quantitative estimate of drug-likeness (QED) is 0.351. The van der Waals surface area contributed by atoms with E-state index in [-0.39, 0.29) is 11.3 Å². The Morgan fingerprint density at radius 3 is 2.57 bits per heavy atom. The number of nitriles is 1. The van der Waals surface area contributed by atoms with Crippen LogP contribution in [0.2, 0.25) is 0 Å². The predicted octanol–water partition coefficient (Wildman–Crippen LogP) is 3.43. The molecule has 1 fully saturated rings. The molecule has 5 rings (SSSR count). The molecule has 2 aromatic heterocycles. The fraction of sp³-hybridized carbons (Fsp3) is 0.261. The number of benzene rings is 2. The smallest absolute Gasteiger partial charge is 0.169 e. The number of piperidine rings is 1. The summed E-state index contributed by atoms with van der Waals surface area (Å²) in [5, 5.41) is 21.5. The monoisotopic (exact) mass is 416 g/mol. The van der Waals surface area contributed by atoms with Gasteiger partial charge < -0.3 is 15.0 Å². The lowest BCUT2D eigenvalue weighted by molar-refractivity contribution is -0.901. The van der Waals surface area contributed by atoms with Crippen molar-refractivity contribution in [2.45, 2.75) is 18.8 Å². The minimum atomic E-state index is 0.102. The average molecular weight is 417 g/mol. The van der Waals surface area contributed by atoms with E-state index in [0.29, 0.717) is 18.3 Å². The first-order chi connectivity index (χ1) is 14.7. The number of hydrogen-bond donors (Lipinski definition) is 3. The molecule has 1 aliphatic heterocycles. The number of aliphatic hydroxyl groups excluding tert-OH is 1. The zero-order chi connectivity index (χ0) is 20.5. The van der Waals surface area contributed by atoms with Crippen LogP contribution < -0.4 is 4.90 Å². The fourth-order valence-corrected chi connectivity index (χ4v) is 5.30. The van der Waals surface area contributed by atoms with Gasteiger partial charge in [0.15, 0.2) is 11.6 Å². The van der Waals surface area contributed by atoms with E-state index >= 15 is 0 Å². The lowest BCUT2D eigenvalue weighted by Crippen LogP contribution is -3.13. The van der Waals surface area contributed by atoms with Gasteiger partial charge in [-0.2, -0.15) is 5.26 Å². The first-order valence-corrected chi connectivity index (χ1v) is 11.0. The molecule has 0 bridgehead atoms. The zero-order valence-electron chi connectivity index (χ0n) is 16.4. The fourth-order valence-electron chi connectivity index (χ4n) is 4.16. The number of nitrogens with zero attached hydrogens (tertiary/aromatic N) is 3. The third-order valence-corrected chi connectivity index (χ3v) is 7.00. The maximum atomic E-state index is 10.7. The number of thiazole rings is 1. The molecule has 3 heterocycles. The molecule has 2 aromatic carbocycles. The average Bonchev–Trinajstić information content (AvgIpc) is 3.39. The van der Waals surface area contributed by atoms with Crippen LogP contribution in [-0.4, -0.2) is 39.7 Å². The topological polar surface area (TPSA) is 90.0 Å². The van der Waals surface area contributed by atoms with Crippen LogP contribution in [-0.2, 0) is 0 Å². The Kier molecular flexibility index (Phi) is 4.95. The van der Waals surface area contributed by atoms with Crippen molar-refractivity contribution in [2.75, 3.05) is 19.6 Å². The number of allylic oxidation sites excluding steroid dienone is 1. The molecule has 0 spiro atoms. The highest BCUT2D eigenvalue weighted by Gasteiger charge is 2.27. The van der Waals surface area contributed by atoms with E-state index in [9.17, 15) is 10.4 Å². The summed E-state index contributed by atoms with van der Waals surface area (Å²) in [7, 11) is 0. The maximum absolute atomic E-state index is 10.7. The maximum Gasteiger partial charge on any atom is 0.169 e. The van der Waals surface area contributed by atoms with Gasteiger partial charge in [-0.1, -0.05) is 24.3 Å². The molecule has 6 nitrogen and oxygen atoms in total. The molecule has 1 aliphatic rings. The van der Waals surface area contributed by atoms with Gasteiger partial charge in [0.2, 0.25) is 0 Å². The van der Waals surface area contributed by atoms with E-state index in [4.69, 9.17) is 4.98 Å². The third kappa shape index (κ3) is 3.56. The number of nitrogens with one attached hydrogen (secondary N) is 2. The molecule has 0 radical (unpaired) electrons. The summed E-state index contributed by atoms with van der Waals surface area (Å²) in [6, 6.07) is 18.0. The normalized spacial score (nSPS) is 20.2. The second-order valence-electron chi connectivity index (χ2n) is 7.76. The summed E-state index contributed by atoms with van der Waals surface area (Å²) in [5.41, 5.74) is 2.96. The number of imidazole rings is 1. The number of para-hydroxylation sites is 3. The van der Waals surface area contributed by atoms with Crippen LogP contribution >= 0.6 is 11.3 Å². The molecule has 1 saturated heterocycles. The highest BCUT2D eigenvalue weighted by molar-refractivity contribution is 7.18. The van der Waals surface area contributed by atoms with E-state index in [1.807, 2.05) is 30.3 Å². The molecular formula is C23H22N5OS+. The van der Waals surface area contributed by atoms with Crippen molar-refractivity contribution in [3.8, 4) is 6.07 Å². The highest BCUT2D eigenvalue weighted by atomic mass is 32.1. The third-order valence-electron chi connectivity index (χ3n) is 5.80. The molecule has 7 heteroatoms. The van der Waals surface area contributed by atoms with Crippen molar-refractivity contribution in [1.82, 2.24) is 15.0 Å². The van der Waals surface area contributed by atoms with Crippen molar-refractivity contribution < 1.29 is 10.0 Å². The van der Waals surface area contributed by atoms with E-state index in [1.54, 1.807) is 11.3 Å². The van der Waals surface area contributed by atoms with Gasteiger partial charge in [0.1, 0.15) is 18.2 Å². The number of aromatic amines is 1. The molecule has 0 amide bonds. The summed E-state index contributed by atoms with van der Waals surface area (Å²) < 4.78 is 1.24. The van der Waals surface area contributed by atoms with Crippen molar-refractivity contribution in [3.05, 3.63) is 65.1 Å². The van der Waals surface area contributed by atoms with Gasteiger partial charge in [-0.3, -0.25) is 0 Å². The van der Waals surface area contributed by atoms with E-state index in [0.717, 1.165) is 42.5 Å². The van der Waals surface area contributed by atoms with Crippen molar-refractivity contribution in [2.24, 2.45) is 0 Å². The lowest BCUT2D eigenvalue weighted by atomic mass is 9.97. The highest BCUT2D eigenvalue weighted by Crippen LogP contribution is 2.31. The predicted molar refractivity (Wildman–Crippen MR) is 118 cm³/mol. The van der Waals surface area contributed by atoms with E-state index in [2.05, 4.69) is 34.2 Å². The molecule has 30 heavy (non-hydrogen) atoms. The molecular weight excluding hydrogens is 394 g/mol. The van der Waals surface area contributed by atoms with Crippen LogP contribution in [0.5, 0.6) is 0 Å². The van der Waals surface area contributed by atoms with Gasteiger partial charge in [-0.05, 0) is 24.3 Å². The Labute approximate surface area is 178 Å². The Morgan fingerprint density at radius 2 is 1.83 bits per heavy atom. The van der Waals surface area contributed by atoms with Crippen LogP contribution in [0.3, 0.4) is 0 Å². The largest absolute Gasteiger partial charge is 0.506 e. The van der Waals surface area contributed by atoms with Crippen LogP contribution in [0.4, 0.5) is 0 Å². The second-order valence-corrected chi connectivity index (χ2v) is 8.82. The number of fused-ring (bicyclic) bond motifs is 2. The molecule has 3 N–H and O–H groups in total. The van der Waals surface area contributed by atoms with Crippen LogP contribution in [0.1, 0.15) is 29.6 Å². The SMILES string of the molecule is N#C/C(=C(/O)C[NH+]1CCC(c2nc3ccccc3s2)CC1)c1nc2ccccc2[nH]1. The number of aromatic nitrogens is 3. The van der Waals surface area contributed by atoms with Gasteiger partial charge >= 0.3 is 0 Å². The number of H-pyrrole nitrogens is 1. The molecule has 0 saturated carbocycles. The molecule has 0 aliphatic carbocycles. The van der Waals surface area contributed by atoms with Gasteiger partial charge in [0.25, 0.3) is 0 Å². The van der Waals surface area contributed by atoms with Crippen molar-refractivity contribution in [1.29, 1.82) is 5.26 Å². The van der Waals surface area contributed by atoms with Crippen LogP contribution in [0.25, 0.3) is 26.8 Å². The van der Waals surface area contributed by atoms with Crippen LogP contribution in [0, 0.1) is 11.3 Å². The Morgan fingerprint density at radius 1 is 1.10 bits per heavy atom. The summed E-state index contributed by atoms with van der Waals surface area (Å²) in [6.07, 6.45) is 2.07. The first kappa shape index (κ1) is 18.8. The van der Waals surface area contributed by atoms with Crippen LogP contribution in [0.15, 0.2) is 54.3 Å². The minimum absolute atomic E-state index is 0.102. The molecule has 150 valence electrons. The van der Waals surface area contributed by atoms with Gasteiger partial charge in [0, 0.05) is 18.8 Å². The van der Waals surface area contributed by atoms with Crippen molar-refractivity contribution >= 4 is 38.2 Å². The minimum Gasteiger partial charge on any atom is -0.506 e. The standard InChI is InChI=1S/C23H21N5OS/c24-13-16(22-25-17-5-1-2-6-18(17)26-22)20(29)14-28-11-9-15(10-12-28)23-27-19-7-3-4-8-21(19)30-23/h1-8,15,29H,9-12,14H2,(H,25,26)/p+1/b20-16-. The van der Waals surface area contributed by atoms with Crippen molar-refractivity contribution in [3.63, 3.8) is 0 Å². The zero-order valence-corrected chi connectivity index (χ0v) is 17.2. The molecule has 0 atom stereocenters. The summed E-state index contributed by atoms with van der Waals surface area (Å²) >= 11 is 1.79. The van der Waals surface area contributed by atoms with Gasteiger partial charge in [0.05, 0.1) is 39.3 Å². The summed E-state index contributed by atoms with van der Waals surface area (Å²) in [4.78, 5) is 13.7. The van der Waals surface area contributed by atoms with Gasteiger partial charge in [-0.15, -0.1) is 11.3 Å². The second kappa shape index (κ2) is 7.90. The number of quaternary nitrogens is 1. The Hall–Kier alpha value is -3.21. The molecule has 0 unspecified atom stereocenters. The number of rotatable bonds is 4. The van der Waals surface area contributed by atoms with Gasteiger partial charge in [-0.25, -0.2) is 9.97 Å². The number of hydrogen-bond acceptors (Lipinski definition) is 5. The van der Waals surface area contributed by atoms with E-state index in [1.165, 1.54) is 14.6 Å². The number of likely N-dealkylation sites (tertiary alicyclic amines) is 1. The summed E-state index contributed by atoms with van der Waals surface area (Å²) in [5.74, 6) is 1.01.